The first-order valence-corrected chi connectivity index (χ1v) is 6.32. The standard InChI is InChI=1S/C12H22N2O/c1-10-4-2-5-11(7-6-10)14-9-3-8-13-12(14)15/h10-11H,2-9H2,1H3,(H,13,15). The Hall–Kier alpha value is -0.730. The van der Waals surface area contributed by atoms with Crippen molar-refractivity contribution in [3.8, 4) is 0 Å². The van der Waals surface area contributed by atoms with Crippen molar-refractivity contribution in [3.05, 3.63) is 0 Å². The van der Waals surface area contributed by atoms with Gasteiger partial charge in [0.25, 0.3) is 0 Å². The summed E-state index contributed by atoms with van der Waals surface area (Å²) in [4.78, 5) is 13.8. The van der Waals surface area contributed by atoms with E-state index in [9.17, 15) is 4.79 Å². The molecule has 1 saturated carbocycles. The van der Waals surface area contributed by atoms with Crippen LogP contribution >= 0.6 is 0 Å². The monoisotopic (exact) mass is 210 g/mol. The highest BCUT2D eigenvalue weighted by Crippen LogP contribution is 2.26. The van der Waals surface area contributed by atoms with Crippen molar-refractivity contribution >= 4 is 6.03 Å². The summed E-state index contributed by atoms with van der Waals surface area (Å²) in [7, 11) is 0. The molecule has 2 fully saturated rings. The van der Waals surface area contributed by atoms with Crippen LogP contribution in [0.4, 0.5) is 4.79 Å². The van der Waals surface area contributed by atoms with Gasteiger partial charge in [-0.15, -0.1) is 0 Å². The molecular weight excluding hydrogens is 188 g/mol. The van der Waals surface area contributed by atoms with E-state index in [4.69, 9.17) is 0 Å². The van der Waals surface area contributed by atoms with Crippen LogP contribution in [-0.2, 0) is 0 Å². The number of rotatable bonds is 1. The number of hydrogen-bond acceptors (Lipinski definition) is 1. The molecule has 3 nitrogen and oxygen atoms in total. The first-order valence-electron chi connectivity index (χ1n) is 6.32. The van der Waals surface area contributed by atoms with Gasteiger partial charge in [0.1, 0.15) is 0 Å². The minimum absolute atomic E-state index is 0.167. The lowest BCUT2D eigenvalue weighted by Crippen LogP contribution is -2.51. The Balaban J connectivity index is 1.93. The summed E-state index contributed by atoms with van der Waals surface area (Å²) in [6.07, 6.45) is 7.43. The summed E-state index contributed by atoms with van der Waals surface area (Å²) >= 11 is 0. The molecule has 2 aliphatic rings. The Morgan fingerprint density at radius 3 is 2.87 bits per heavy atom. The highest BCUT2D eigenvalue weighted by atomic mass is 16.2. The first kappa shape index (κ1) is 10.8. The maximum atomic E-state index is 11.7. The van der Waals surface area contributed by atoms with Crippen LogP contribution in [-0.4, -0.2) is 30.1 Å². The average Bonchev–Trinajstić information content (AvgIpc) is 2.44. The molecular formula is C12H22N2O. The molecule has 0 aromatic heterocycles. The number of nitrogens with zero attached hydrogens (tertiary/aromatic N) is 1. The zero-order valence-corrected chi connectivity index (χ0v) is 9.67. The van der Waals surface area contributed by atoms with Crippen LogP contribution in [0, 0.1) is 5.92 Å². The van der Waals surface area contributed by atoms with Gasteiger partial charge in [-0.2, -0.15) is 0 Å². The molecule has 15 heavy (non-hydrogen) atoms. The molecule has 1 saturated heterocycles. The topological polar surface area (TPSA) is 32.3 Å². The van der Waals surface area contributed by atoms with E-state index in [2.05, 4.69) is 17.1 Å². The van der Waals surface area contributed by atoms with Crippen molar-refractivity contribution in [2.24, 2.45) is 5.92 Å². The molecule has 0 aromatic carbocycles. The van der Waals surface area contributed by atoms with Gasteiger partial charge in [-0.25, -0.2) is 4.79 Å². The fraction of sp³-hybridized carbons (Fsp3) is 0.917. The molecule has 2 amide bonds. The highest BCUT2D eigenvalue weighted by molar-refractivity contribution is 5.75. The molecule has 3 heteroatoms. The molecule has 2 rings (SSSR count). The fourth-order valence-corrected chi connectivity index (χ4v) is 2.78. The summed E-state index contributed by atoms with van der Waals surface area (Å²) < 4.78 is 0. The minimum atomic E-state index is 0.167. The summed E-state index contributed by atoms with van der Waals surface area (Å²) in [5, 5.41) is 2.95. The van der Waals surface area contributed by atoms with Crippen molar-refractivity contribution in [2.75, 3.05) is 13.1 Å². The van der Waals surface area contributed by atoms with Crippen molar-refractivity contribution in [2.45, 2.75) is 51.5 Å². The molecule has 2 unspecified atom stereocenters. The molecule has 0 aromatic rings. The maximum absolute atomic E-state index is 11.7. The summed E-state index contributed by atoms with van der Waals surface area (Å²) in [5.74, 6) is 0.850. The molecule has 1 heterocycles. The van der Waals surface area contributed by atoms with Gasteiger partial charge in [0.2, 0.25) is 0 Å². The SMILES string of the molecule is CC1CCCC(N2CCCNC2=O)CC1. The van der Waals surface area contributed by atoms with E-state index in [1.807, 2.05) is 0 Å². The Morgan fingerprint density at radius 2 is 2.07 bits per heavy atom. The van der Waals surface area contributed by atoms with E-state index >= 15 is 0 Å². The van der Waals surface area contributed by atoms with Crippen molar-refractivity contribution in [1.82, 2.24) is 10.2 Å². The lowest BCUT2D eigenvalue weighted by atomic mass is 10.0. The number of amides is 2. The van der Waals surface area contributed by atoms with Crippen LogP contribution in [0.5, 0.6) is 0 Å². The average molecular weight is 210 g/mol. The van der Waals surface area contributed by atoms with E-state index in [0.717, 1.165) is 25.4 Å². The number of carbonyl (C=O) groups is 1. The Morgan fingerprint density at radius 1 is 1.20 bits per heavy atom. The van der Waals surface area contributed by atoms with Crippen LogP contribution in [0.15, 0.2) is 0 Å². The van der Waals surface area contributed by atoms with E-state index in [-0.39, 0.29) is 6.03 Å². The van der Waals surface area contributed by atoms with Gasteiger partial charge in [-0.1, -0.05) is 19.8 Å². The minimum Gasteiger partial charge on any atom is -0.338 e. The number of carbonyl (C=O) groups excluding carboxylic acids is 1. The molecule has 0 spiro atoms. The Kier molecular flexibility index (Phi) is 3.49. The number of hydrogen-bond donors (Lipinski definition) is 1. The Bertz CT molecular complexity index is 230. The van der Waals surface area contributed by atoms with Crippen molar-refractivity contribution in [3.63, 3.8) is 0 Å². The van der Waals surface area contributed by atoms with E-state index < -0.39 is 0 Å². The second-order valence-corrected chi connectivity index (χ2v) is 5.05. The third-order valence-electron chi connectivity index (χ3n) is 3.78. The molecule has 0 radical (unpaired) electrons. The van der Waals surface area contributed by atoms with Crippen LogP contribution in [0.2, 0.25) is 0 Å². The van der Waals surface area contributed by atoms with Gasteiger partial charge in [0, 0.05) is 19.1 Å². The molecule has 0 bridgehead atoms. The third kappa shape index (κ3) is 2.64. The normalized spacial score (nSPS) is 33.4. The van der Waals surface area contributed by atoms with E-state index in [1.54, 1.807) is 0 Å². The van der Waals surface area contributed by atoms with Crippen molar-refractivity contribution in [1.29, 1.82) is 0 Å². The van der Waals surface area contributed by atoms with E-state index in [1.165, 1.54) is 32.1 Å². The first-order chi connectivity index (χ1) is 7.27. The predicted octanol–water partition coefficient (Wildman–Crippen LogP) is 2.37. The lowest BCUT2D eigenvalue weighted by molar-refractivity contribution is 0.153. The molecule has 86 valence electrons. The zero-order valence-electron chi connectivity index (χ0n) is 9.67. The smallest absolute Gasteiger partial charge is 0.317 e. The predicted molar refractivity (Wildman–Crippen MR) is 60.8 cm³/mol. The summed E-state index contributed by atoms with van der Waals surface area (Å²) in [6, 6.07) is 0.677. The quantitative estimate of drug-likeness (QED) is 0.662. The zero-order chi connectivity index (χ0) is 10.7. The molecule has 1 aliphatic carbocycles. The lowest BCUT2D eigenvalue weighted by Gasteiger charge is -2.34. The fourth-order valence-electron chi connectivity index (χ4n) is 2.78. The largest absolute Gasteiger partial charge is 0.338 e. The second-order valence-electron chi connectivity index (χ2n) is 5.05. The number of urea groups is 1. The van der Waals surface area contributed by atoms with Gasteiger partial charge in [-0.05, 0) is 31.6 Å². The Labute approximate surface area is 92.2 Å². The highest BCUT2D eigenvalue weighted by Gasteiger charge is 2.27. The molecule has 1 N–H and O–H groups in total. The summed E-state index contributed by atoms with van der Waals surface area (Å²) in [5.41, 5.74) is 0. The van der Waals surface area contributed by atoms with Gasteiger partial charge in [0.15, 0.2) is 0 Å². The molecule has 1 aliphatic heterocycles. The maximum Gasteiger partial charge on any atom is 0.317 e. The van der Waals surface area contributed by atoms with Crippen LogP contribution < -0.4 is 5.32 Å². The van der Waals surface area contributed by atoms with Crippen LogP contribution in [0.25, 0.3) is 0 Å². The van der Waals surface area contributed by atoms with Crippen LogP contribution in [0.3, 0.4) is 0 Å². The summed E-state index contributed by atoms with van der Waals surface area (Å²) in [6.45, 7) is 4.15. The van der Waals surface area contributed by atoms with E-state index in [0.29, 0.717) is 6.04 Å². The molecule has 2 atom stereocenters. The van der Waals surface area contributed by atoms with Crippen LogP contribution in [0.1, 0.15) is 45.4 Å². The van der Waals surface area contributed by atoms with Gasteiger partial charge in [0.05, 0.1) is 0 Å². The van der Waals surface area contributed by atoms with Gasteiger partial charge in [-0.3, -0.25) is 0 Å². The van der Waals surface area contributed by atoms with Gasteiger partial charge >= 0.3 is 6.03 Å². The number of nitrogens with one attached hydrogen (secondary N) is 1. The third-order valence-corrected chi connectivity index (χ3v) is 3.78. The second kappa shape index (κ2) is 4.86. The van der Waals surface area contributed by atoms with Gasteiger partial charge < -0.3 is 10.2 Å². The van der Waals surface area contributed by atoms with Crippen molar-refractivity contribution < 1.29 is 4.79 Å².